The zero-order chi connectivity index (χ0) is 21.3. The predicted octanol–water partition coefficient (Wildman–Crippen LogP) is 5.05. The van der Waals surface area contributed by atoms with Crippen LogP contribution in [0.1, 0.15) is 56.8 Å². The quantitative estimate of drug-likeness (QED) is 0.689. The van der Waals surface area contributed by atoms with Crippen molar-refractivity contribution < 1.29 is 13.5 Å². The van der Waals surface area contributed by atoms with Crippen LogP contribution in [0.3, 0.4) is 0 Å². The van der Waals surface area contributed by atoms with Crippen molar-refractivity contribution in [3.05, 3.63) is 71.3 Å². The van der Waals surface area contributed by atoms with Gasteiger partial charge in [0.2, 0.25) is 0 Å². The lowest BCUT2D eigenvalue weighted by atomic mass is 9.95. The maximum Gasteiger partial charge on any atom is 0.123 e. The molecule has 2 N–H and O–H groups in total. The smallest absolute Gasteiger partial charge is 0.123 e. The molecule has 5 heteroatoms. The van der Waals surface area contributed by atoms with Crippen molar-refractivity contribution >= 4 is 0 Å². The van der Waals surface area contributed by atoms with Crippen molar-refractivity contribution in [2.24, 2.45) is 11.7 Å². The Morgan fingerprint density at radius 2 is 1.37 bits per heavy atom. The number of piperidine rings is 1. The summed E-state index contributed by atoms with van der Waals surface area (Å²) in [4.78, 5) is 2.59. The van der Waals surface area contributed by atoms with E-state index >= 15 is 0 Å². The van der Waals surface area contributed by atoms with Crippen molar-refractivity contribution in [1.29, 1.82) is 0 Å². The summed E-state index contributed by atoms with van der Waals surface area (Å²) in [5.41, 5.74) is 8.13. The lowest BCUT2D eigenvalue weighted by Crippen LogP contribution is -2.51. The summed E-state index contributed by atoms with van der Waals surface area (Å²) < 4.78 is 33.6. The van der Waals surface area contributed by atoms with Crippen LogP contribution in [0.15, 0.2) is 48.5 Å². The Balaban J connectivity index is 1.50. The number of hydrogen-bond donors (Lipinski definition) is 1. The lowest BCUT2D eigenvalue weighted by Gasteiger charge is -2.41. The van der Waals surface area contributed by atoms with Gasteiger partial charge in [0.15, 0.2) is 0 Å². The Morgan fingerprint density at radius 3 is 1.80 bits per heavy atom. The van der Waals surface area contributed by atoms with Gasteiger partial charge < -0.3 is 10.5 Å². The molecule has 2 aliphatic rings. The molecule has 2 saturated heterocycles. The van der Waals surface area contributed by atoms with Crippen LogP contribution in [-0.4, -0.2) is 35.7 Å². The van der Waals surface area contributed by atoms with Gasteiger partial charge in [-0.05, 0) is 67.0 Å². The molecular formula is C25H32F2N2O. The van der Waals surface area contributed by atoms with Crippen LogP contribution in [0, 0.1) is 17.6 Å². The number of halogens is 2. The Bertz CT molecular complexity index is 765. The molecule has 0 radical (unpaired) electrons. The van der Waals surface area contributed by atoms with Crippen LogP contribution in [0.25, 0.3) is 0 Å². The van der Waals surface area contributed by atoms with E-state index in [1.165, 1.54) is 37.1 Å². The van der Waals surface area contributed by atoms with Gasteiger partial charge in [0, 0.05) is 24.7 Å². The number of nitrogens with two attached hydrogens (primary N) is 1. The molecule has 4 atom stereocenters. The molecule has 2 aliphatic heterocycles. The Kier molecular flexibility index (Phi) is 6.51. The first-order valence-corrected chi connectivity index (χ1v) is 11.1. The van der Waals surface area contributed by atoms with Gasteiger partial charge in [-0.1, -0.05) is 38.1 Å². The zero-order valence-corrected chi connectivity index (χ0v) is 17.8. The largest absolute Gasteiger partial charge is 0.365 e. The average molecular weight is 415 g/mol. The summed E-state index contributed by atoms with van der Waals surface area (Å²) in [5.74, 6) is -0.0754. The highest BCUT2D eigenvalue weighted by Crippen LogP contribution is 2.40. The van der Waals surface area contributed by atoms with E-state index in [1.807, 2.05) is 0 Å². The first kappa shape index (κ1) is 21.4. The fourth-order valence-corrected chi connectivity index (χ4v) is 4.90. The van der Waals surface area contributed by atoms with Gasteiger partial charge in [-0.3, -0.25) is 4.90 Å². The van der Waals surface area contributed by atoms with Gasteiger partial charge >= 0.3 is 0 Å². The molecule has 0 amide bonds. The van der Waals surface area contributed by atoms with Crippen LogP contribution in [0.4, 0.5) is 8.78 Å². The number of ether oxygens (including phenoxy) is 1. The fourth-order valence-electron chi connectivity index (χ4n) is 4.90. The summed E-state index contributed by atoms with van der Waals surface area (Å²) in [5, 5.41) is 0. The van der Waals surface area contributed by atoms with Crippen LogP contribution >= 0.6 is 0 Å². The standard InChI is InChI=1S/C25H32F2N2O/c1-16(2)24(28)15-29-21-11-12-22(29)14-23(13-21)30-25(17-3-7-19(26)8-4-17)18-5-9-20(27)10-6-18/h3-10,16,21-25H,11-15,28H2,1-2H3/t21-,22+,23?,24-/m0/s1. The maximum absolute atomic E-state index is 13.5. The summed E-state index contributed by atoms with van der Waals surface area (Å²) in [6.07, 6.45) is 4.11. The average Bonchev–Trinajstić information content (AvgIpc) is 2.95. The predicted molar refractivity (Wildman–Crippen MR) is 115 cm³/mol. The monoisotopic (exact) mass is 414 g/mol. The van der Waals surface area contributed by atoms with Gasteiger partial charge in [-0.2, -0.15) is 0 Å². The Labute approximate surface area is 178 Å². The Morgan fingerprint density at radius 1 is 0.900 bits per heavy atom. The highest BCUT2D eigenvalue weighted by Gasteiger charge is 2.42. The van der Waals surface area contributed by atoms with E-state index in [9.17, 15) is 8.78 Å². The topological polar surface area (TPSA) is 38.5 Å². The minimum absolute atomic E-state index is 0.120. The second kappa shape index (κ2) is 9.13. The molecule has 2 aromatic rings. The van der Waals surface area contributed by atoms with Crippen molar-refractivity contribution in [2.75, 3.05) is 6.54 Å². The summed E-state index contributed by atoms with van der Waals surface area (Å²) in [6.45, 7) is 5.30. The first-order chi connectivity index (χ1) is 14.4. The van der Waals surface area contributed by atoms with Crippen LogP contribution < -0.4 is 5.73 Å². The van der Waals surface area contributed by atoms with E-state index in [0.29, 0.717) is 18.0 Å². The molecule has 0 aromatic heterocycles. The molecule has 0 aliphatic carbocycles. The van der Waals surface area contributed by atoms with Gasteiger partial charge in [0.1, 0.15) is 17.7 Å². The molecule has 2 aromatic carbocycles. The first-order valence-electron chi connectivity index (χ1n) is 11.1. The van der Waals surface area contributed by atoms with Gasteiger partial charge in [-0.15, -0.1) is 0 Å². The molecule has 2 bridgehead atoms. The van der Waals surface area contributed by atoms with Gasteiger partial charge in [-0.25, -0.2) is 8.78 Å². The number of benzene rings is 2. The summed E-state index contributed by atoms with van der Waals surface area (Å²) in [7, 11) is 0. The van der Waals surface area contributed by atoms with Crippen molar-refractivity contribution in [3.8, 4) is 0 Å². The lowest BCUT2D eigenvalue weighted by molar-refractivity contribution is -0.0498. The van der Waals surface area contributed by atoms with E-state index in [2.05, 4.69) is 18.7 Å². The maximum atomic E-state index is 13.5. The van der Waals surface area contributed by atoms with E-state index < -0.39 is 0 Å². The van der Waals surface area contributed by atoms with Crippen LogP contribution in [0.5, 0.6) is 0 Å². The number of nitrogens with zero attached hydrogens (tertiary/aromatic N) is 1. The zero-order valence-electron chi connectivity index (χ0n) is 17.8. The molecule has 2 heterocycles. The second-order valence-corrected chi connectivity index (χ2v) is 9.20. The second-order valence-electron chi connectivity index (χ2n) is 9.20. The van der Waals surface area contributed by atoms with Gasteiger partial charge in [0.25, 0.3) is 0 Å². The minimum atomic E-state index is -0.333. The molecular weight excluding hydrogens is 382 g/mol. The van der Waals surface area contributed by atoms with Crippen LogP contribution in [-0.2, 0) is 4.74 Å². The van der Waals surface area contributed by atoms with Crippen LogP contribution in [0.2, 0.25) is 0 Å². The SMILES string of the molecule is CC(C)[C@@H](N)CN1[C@@H]2CC[C@H]1CC(OC(c1ccc(F)cc1)c1ccc(F)cc1)C2. The molecule has 1 unspecified atom stereocenters. The van der Waals surface area contributed by atoms with Crippen molar-refractivity contribution in [3.63, 3.8) is 0 Å². The Hall–Kier alpha value is -1.82. The van der Waals surface area contributed by atoms with E-state index in [0.717, 1.165) is 30.5 Å². The third kappa shape index (κ3) is 4.74. The molecule has 30 heavy (non-hydrogen) atoms. The highest BCUT2D eigenvalue weighted by atomic mass is 19.1. The third-order valence-electron chi connectivity index (χ3n) is 6.79. The molecule has 0 spiro atoms. The third-order valence-corrected chi connectivity index (χ3v) is 6.79. The minimum Gasteiger partial charge on any atom is -0.365 e. The van der Waals surface area contributed by atoms with Gasteiger partial charge in [0.05, 0.1) is 6.10 Å². The summed E-state index contributed by atoms with van der Waals surface area (Å²) in [6, 6.07) is 14.0. The number of hydrogen-bond acceptors (Lipinski definition) is 3. The molecule has 0 saturated carbocycles. The number of rotatable bonds is 7. The van der Waals surface area contributed by atoms with Crippen molar-refractivity contribution in [1.82, 2.24) is 4.90 Å². The van der Waals surface area contributed by atoms with E-state index in [-0.39, 0.29) is 29.9 Å². The molecule has 2 fully saturated rings. The van der Waals surface area contributed by atoms with Crippen molar-refractivity contribution in [2.45, 2.75) is 69.9 Å². The molecule has 162 valence electrons. The highest BCUT2D eigenvalue weighted by molar-refractivity contribution is 5.30. The molecule has 4 rings (SSSR count). The molecule has 3 nitrogen and oxygen atoms in total. The fraction of sp³-hybridized carbons (Fsp3) is 0.520. The van der Waals surface area contributed by atoms with E-state index in [1.54, 1.807) is 24.3 Å². The van der Waals surface area contributed by atoms with E-state index in [4.69, 9.17) is 10.5 Å². The normalized spacial score (nSPS) is 25.2. The number of fused-ring (bicyclic) bond motifs is 2. The summed E-state index contributed by atoms with van der Waals surface area (Å²) >= 11 is 0.